The van der Waals surface area contributed by atoms with Gasteiger partial charge in [0.05, 0.1) is 28.0 Å². The summed E-state index contributed by atoms with van der Waals surface area (Å²) in [6.45, 7) is 2.64. The minimum absolute atomic E-state index is 0.0415. The van der Waals surface area contributed by atoms with Crippen LogP contribution in [0.1, 0.15) is 34.5 Å². The smallest absolute Gasteiger partial charge is 0.273 e. The molecule has 14 heteroatoms. The number of likely N-dealkylation sites (tertiary alicyclic amines) is 1. The summed E-state index contributed by atoms with van der Waals surface area (Å²) >= 11 is 2.41. The first-order valence-corrected chi connectivity index (χ1v) is 15.5. The van der Waals surface area contributed by atoms with E-state index in [0.29, 0.717) is 41.1 Å². The molecular weight excluding hydrogens is 613 g/mol. The van der Waals surface area contributed by atoms with Crippen LogP contribution in [0.15, 0.2) is 64.1 Å². The molecule has 0 bridgehead atoms. The molecule has 1 amide bonds. The van der Waals surface area contributed by atoms with Gasteiger partial charge in [-0.25, -0.2) is 28.1 Å². The first-order valence-electron chi connectivity index (χ1n) is 13.9. The summed E-state index contributed by atoms with van der Waals surface area (Å²) in [5, 5.41) is 25.5. The second kappa shape index (κ2) is 14.0. The highest BCUT2D eigenvalue weighted by atomic mass is 32.2. The molecule has 9 nitrogen and oxygen atoms in total. The molecule has 0 spiro atoms. The normalized spacial score (nSPS) is 15.6. The number of nitrogens with one attached hydrogen (secondary N) is 2. The lowest BCUT2D eigenvalue weighted by atomic mass is 9.72. The molecule has 1 aromatic carbocycles. The van der Waals surface area contributed by atoms with E-state index in [2.05, 4.69) is 25.6 Å². The van der Waals surface area contributed by atoms with E-state index < -0.39 is 40.6 Å². The number of halogens is 3. The molecule has 0 radical (unpaired) electrons. The molecule has 232 valence electrons. The lowest BCUT2D eigenvalue weighted by molar-refractivity contribution is 0.0426. The average molecular weight is 645 g/mol. The summed E-state index contributed by atoms with van der Waals surface area (Å²) in [4.78, 5) is 27.9. The Morgan fingerprint density at radius 2 is 1.89 bits per heavy atom. The van der Waals surface area contributed by atoms with E-state index in [9.17, 15) is 19.4 Å². The van der Waals surface area contributed by atoms with Gasteiger partial charge in [-0.3, -0.25) is 4.79 Å². The van der Waals surface area contributed by atoms with E-state index in [-0.39, 0.29) is 30.2 Å². The number of nitrogens with zero attached hydrogens (tertiary/aromatic N) is 4. The third-order valence-electron chi connectivity index (χ3n) is 7.50. The fraction of sp³-hybridized carbons (Fsp3) is 0.333. The summed E-state index contributed by atoms with van der Waals surface area (Å²) in [5.41, 5.74) is -0.0278. The van der Waals surface area contributed by atoms with Crippen molar-refractivity contribution < 1.29 is 28.2 Å². The first-order chi connectivity index (χ1) is 21.2. The topological polar surface area (TPSA) is 124 Å². The van der Waals surface area contributed by atoms with Gasteiger partial charge in [-0.1, -0.05) is 29.2 Å². The average Bonchev–Trinajstić information content (AvgIpc) is 3.44. The van der Waals surface area contributed by atoms with Crippen molar-refractivity contribution in [2.75, 3.05) is 38.1 Å². The number of carbonyl (C=O) groups excluding carboxylic acids is 1. The van der Waals surface area contributed by atoms with Crippen molar-refractivity contribution in [3.05, 3.63) is 89.3 Å². The van der Waals surface area contributed by atoms with E-state index in [0.717, 1.165) is 23.4 Å². The number of carbonyl (C=O) groups is 1. The molecule has 0 saturated carbocycles. The van der Waals surface area contributed by atoms with Crippen LogP contribution in [0.4, 0.5) is 24.1 Å². The van der Waals surface area contributed by atoms with Crippen LogP contribution in [0.25, 0.3) is 0 Å². The molecule has 1 fully saturated rings. The number of rotatable bonds is 11. The van der Waals surface area contributed by atoms with Crippen molar-refractivity contribution in [3.8, 4) is 0 Å². The van der Waals surface area contributed by atoms with Gasteiger partial charge in [0.15, 0.2) is 16.6 Å². The summed E-state index contributed by atoms with van der Waals surface area (Å²) < 4.78 is 45.0. The van der Waals surface area contributed by atoms with Gasteiger partial charge in [0, 0.05) is 37.0 Å². The maximum absolute atomic E-state index is 15.6. The van der Waals surface area contributed by atoms with Crippen molar-refractivity contribution in [2.45, 2.75) is 40.4 Å². The van der Waals surface area contributed by atoms with Gasteiger partial charge in [0.1, 0.15) is 17.5 Å². The highest BCUT2D eigenvalue weighted by molar-refractivity contribution is 8.01. The van der Waals surface area contributed by atoms with Crippen LogP contribution in [0, 0.1) is 24.4 Å². The minimum atomic E-state index is -0.915. The summed E-state index contributed by atoms with van der Waals surface area (Å²) in [6, 6.07) is 8.58. The fourth-order valence-electron chi connectivity index (χ4n) is 5.16. The third-order valence-corrected chi connectivity index (χ3v) is 9.55. The first kappa shape index (κ1) is 31.9. The Balaban J connectivity index is 1.29. The van der Waals surface area contributed by atoms with Crippen LogP contribution in [-0.2, 0) is 5.41 Å². The number of aliphatic hydroxyl groups is 2. The molecule has 3 aromatic heterocycles. The van der Waals surface area contributed by atoms with Crippen molar-refractivity contribution >= 4 is 40.0 Å². The van der Waals surface area contributed by atoms with Crippen LogP contribution < -0.4 is 10.6 Å². The van der Waals surface area contributed by atoms with E-state index in [1.54, 1.807) is 12.4 Å². The highest BCUT2D eigenvalue weighted by Crippen LogP contribution is 2.38. The Kier molecular flexibility index (Phi) is 10.2. The zero-order chi connectivity index (χ0) is 31.3. The number of hydrogen-bond donors (Lipinski definition) is 4. The largest absolute Gasteiger partial charge is 0.394 e. The van der Waals surface area contributed by atoms with Gasteiger partial charge in [-0.2, -0.15) is 0 Å². The third kappa shape index (κ3) is 7.56. The maximum Gasteiger partial charge on any atom is 0.273 e. The molecule has 0 unspecified atom stereocenters. The lowest BCUT2D eigenvalue weighted by Gasteiger charge is -2.43. The highest BCUT2D eigenvalue weighted by Gasteiger charge is 2.39. The number of thiazole rings is 1. The van der Waals surface area contributed by atoms with E-state index in [4.69, 9.17) is 0 Å². The van der Waals surface area contributed by atoms with Crippen molar-refractivity contribution in [1.82, 2.24) is 25.2 Å². The number of anilines is 2. The zero-order valence-electron chi connectivity index (χ0n) is 23.8. The quantitative estimate of drug-likeness (QED) is 0.185. The SMILES string of the molecule is Cc1ccnc(Nc2ncc(Sc3ccnc(C(=O)NCC4(c5ccc(F)cc5F)CCN(C[C@H](O)CO)CC4)c3F)s2)c1. The molecular formula is C30H31F3N6O3S2. The number of benzene rings is 1. The van der Waals surface area contributed by atoms with Gasteiger partial charge in [0.25, 0.3) is 5.91 Å². The number of aliphatic hydroxyl groups excluding tert-OH is 2. The van der Waals surface area contributed by atoms with Gasteiger partial charge in [0.2, 0.25) is 0 Å². The Bertz CT molecular complexity index is 1620. The van der Waals surface area contributed by atoms with Crippen molar-refractivity contribution in [2.24, 2.45) is 0 Å². The second-order valence-electron chi connectivity index (χ2n) is 10.6. The number of piperidine rings is 1. The fourth-order valence-corrected chi connectivity index (χ4v) is 7.03. The molecule has 4 heterocycles. The Morgan fingerprint density at radius 3 is 2.61 bits per heavy atom. The monoisotopic (exact) mass is 644 g/mol. The van der Waals surface area contributed by atoms with Gasteiger partial charge >= 0.3 is 0 Å². The lowest BCUT2D eigenvalue weighted by Crippen LogP contribution is -2.51. The Hall–Kier alpha value is -3.56. The molecule has 5 rings (SSSR count). The maximum atomic E-state index is 15.6. The van der Waals surface area contributed by atoms with Crippen molar-refractivity contribution in [3.63, 3.8) is 0 Å². The van der Waals surface area contributed by atoms with Gasteiger partial charge < -0.3 is 25.7 Å². The number of aromatic nitrogens is 3. The van der Waals surface area contributed by atoms with Crippen LogP contribution in [0.2, 0.25) is 0 Å². The Morgan fingerprint density at radius 1 is 1.11 bits per heavy atom. The molecule has 1 atom stereocenters. The molecule has 44 heavy (non-hydrogen) atoms. The van der Waals surface area contributed by atoms with Gasteiger partial charge in [-0.15, -0.1) is 0 Å². The standard InChI is InChI=1S/C30H31F3N6O3S2/c1-18-4-8-34-24(12-18)38-29-36-14-25(44-29)43-23-5-9-35-27(26(23)33)28(42)37-17-30(21-3-2-19(31)13-22(21)32)6-10-39(11-7-30)15-20(41)16-40/h2-5,8-9,12-14,20,40-41H,6-7,10-11,15-17H2,1H3,(H,37,42)(H,34,36,38)/t20-/m0/s1. The summed E-state index contributed by atoms with van der Waals surface area (Å²) in [5.74, 6) is -2.38. The molecule has 1 aliphatic rings. The van der Waals surface area contributed by atoms with Crippen LogP contribution in [0.3, 0.4) is 0 Å². The second-order valence-corrected chi connectivity index (χ2v) is 13.0. The van der Waals surface area contributed by atoms with E-state index in [1.165, 1.54) is 35.7 Å². The number of β-amino-alcohol motifs (C(OH)–C–C–N with tert-alkyl or cyclic N) is 1. The predicted octanol–water partition coefficient (Wildman–Crippen LogP) is 4.67. The van der Waals surface area contributed by atoms with Crippen LogP contribution in [-0.4, -0.2) is 74.9 Å². The number of amides is 1. The molecule has 0 aliphatic carbocycles. The molecule has 1 saturated heterocycles. The van der Waals surface area contributed by atoms with E-state index >= 15 is 8.78 Å². The number of aryl methyl sites for hydroxylation is 1. The van der Waals surface area contributed by atoms with Gasteiger partial charge in [-0.05, 0) is 68.2 Å². The minimum Gasteiger partial charge on any atom is -0.394 e. The van der Waals surface area contributed by atoms with E-state index in [1.807, 2.05) is 24.0 Å². The van der Waals surface area contributed by atoms with Crippen molar-refractivity contribution in [1.29, 1.82) is 0 Å². The van der Waals surface area contributed by atoms with Crippen LogP contribution in [0.5, 0.6) is 0 Å². The summed E-state index contributed by atoms with van der Waals surface area (Å²) in [6.07, 6.45) is 4.46. The van der Waals surface area contributed by atoms with Crippen LogP contribution >= 0.6 is 23.1 Å². The summed E-state index contributed by atoms with van der Waals surface area (Å²) in [7, 11) is 0. The zero-order valence-corrected chi connectivity index (χ0v) is 25.4. The molecule has 4 aromatic rings. The Labute approximate surface area is 260 Å². The molecule has 4 N–H and O–H groups in total. The number of pyridine rings is 2. The predicted molar refractivity (Wildman–Crippen MR) is 162 cm³/mol. The molecule has 1 aliphatic heterocycles. The number of hydrogen-bond acceptors (Lipinski definition) is 10.